The molecule has 1 atom stereocenters. The van der Waals surface area contributed by atoms with Crippen LogP contribution in [0.1, 0.15) is 32.3 Å². The normalized spacial score (nSPS) is 12.1. The lowest BCUT2D eigenvalue weighted by Crippen LogP contribution is -2.20. The summed E-state index contributed by atoms with van der Waals surface area (Å²) >= 11 is 0. The van der Waals surface area contributed by atoms with Gasteiger partial charge in [0.2, 0.25) is 6.29 Å². The molecule has 0 aliphatic carbocycles. The Morgan fingerprint density at radius 3 is 2.59 bits per heavy atom. The Bertz CT molecular complexity index is 321. The Balaban J connectivity index is 2.29. The molecular weight excluding hydrogens is 216 g/mol. The summed E-state index contributed by atoms with van der Waals surface area (Å²) in [6, 6.07) is 10.3. The van der Waals surface area contributed by atoms with Crippen LogP contribution in [0.25, 0.3) is 0 Å². The molecule has 0 bridgehead atoms. The van der Waals surface area contributed by atoms with Crippen LogP contribution >= 0.6 is 0 Å². The van der Waals surface area contributed by atoms with Crippen LogP contribution in [-0.4, -0.2) is 18.9 Å². The van der Waals surface area contributed by atoms with Crippen molar-refractivity contribution in [2.75, 3.05) is 6.61 Å². The van der Waals surface area contributed by atoms with Gasteiger partial charge in [-0.1, -0.05) is 30.3 Å². The van der Waals surface area contributed by atoms with Gasteiger partial charge in [0, 0.05) is 20.0 Å². The van der Waals surface area contributed by atoms with Gasteiger partial charge in [-0.2, -0.15) is 0 Å². The van der Waals surface area contributed by atoms with Gasteiger partial charge < -0.3 is 9.47 Å². The maximum absolute atomic E-state index is 10.9. The molecule has 94 valence electrons. The summed E-state index contributed by atoms with van der Waals surface area (Å²) in [5.41, 5.74) is 1.30. The molecule has 3 nitrogen and oxygen atoms in total. The molecule has 1 rings (SSSR count). The SMILES string of the molecule is CCOC(CCCc1ccccc1)OC(C)=O. The fourth-order valence-corrected chi connectivity index (χ4v) is 1.66. The summed E-state index contributed by atoms with van der Waals surface area (Å²) in [7, 11) is 0. The highest BCUT2D eigenvalue weighted by Gasteiger charge is 2.10. The lowest BCUT2D eigenvalue weighted by Gasteiger charge is -2.16. The van der Waals surface area contributed by atoms with Crippen molar-refractivity contribution < 1.29 is 14.3 Å². The summed E-state index contributed by atoms with van der Waals surface area (Å²) < 4.78 is 10.4. The number of carbonyl (C=O) groups excluding carboxylic acids is 1. The maximum atomic E-state index is 10.9. The minimum absolute atomic E-state index is 0.289. The molecule has 0 saturated heterocycles. The molecular formula is C14H20O3. The topological polar surface area (TPSA) is 35.5 Å². The van der Waals surface area contributed by atoms with Crippen molar-refractivity contribution in [2.24, 2.45) is 0 Å². The van der Waals surface area contributed by atoms with Gasteiger partial charge in [0.25, 0.3) is 0 Å². The van der Waals surface area contributed by atoms with Crippen molar-refractivity contribution >= 4 is 5.97 Å². The average molecular weight is 236 g/mol. The second-order valence-electron chi connectivity index (χ2n) is 3.87. The van der Waals surface area contributed by atoms with Crippen LogP contribution in [0.5, 0.6) is 0 Å². The summed E-state index contributed by atoms with van der Waals surface area (Å²) in [6.45, 7) is 3.86. The third kappa shape index (κ3) is 6.07. The smallest absolute Gasteiger partial charge is 0.304 e. The van der Waals surface area contributed by atoms with Crippen molar-refractivity contribution in [1.82, 2.24) is 0 Å². The molecule has 0 N–H and O–H groups in total. The van der Waals surface area contributed by atoms with E-state index in [1.807, 2.05) is 25.1 Å². The highest BCUT2D eigenvalue weighted by Crippen LogP contribution is 2.10. The van der Waals surface area contributed by atoms with E-state index in [-0.39, 0.29) is 5.97 Å². The zero-order valence-corrected chi connectivity index (χ0v) is 10.5. The van der Waals surface area contributed by atoms with Gasteiger partial charge in [0.15, 0.2) is 0 Å². The van der Waals surface area contributed by atoms with E-state index in [2.05, 4.69) is 12.1 Å². The molecule has 17 heavy (non-hydrogen) atoms. The number of benzene rings is 1. The van der Waals surface area contributed by atoms with E-state index in [1.165, 1.54) is 12.5 Å². The van der Waals surface area contributed by atoms with Crippen molar-refractivity contribution in [3.05, 3.63) is 35.9 Å². The highest BCUT2D eigenvalue weighted by atomic mass is 16.7. The summed E-state index contributed by atoms with van der Waals surface area (Å²) in [5, 5.41) is 0. The zero-order chi connectivity index (χ0) is 12.5. The molecule has 0 aliphatic heterocycles. The van der Waals surface area contributed by atoms with Gasteiger partial charge >= 0.3 is 5.97 Å². The van der Waals surface area contributed by atoms with Crippen molar-refractivity contribution in [3.63, 3.8) is 0 Å². The van der Waals surface area contributed by atoms with Crippen LogP contribution in [0.3, 0.4) is 0 Å². The molecule has 0 amide bonds. The fraction of sp³-hybridized carbons (Fsp3) is 0.500. The first-order valence-electron chi connectivity index (χ1n) is 6.05. The highest BCUT2D eigenvalue weighted by molar-refractivity contribution is 5.66. The predicted octanol–water partition coefficient (Wildman–Crippen LogP) is 2.94. The largest absolute Gasteiger partial charge is 0.436 e. The van der Waals surface area contributed by atoms with E-state index in [0.29, 0.717) is 6.61 Å². The van der Waals surface area contributed by atoms with Crippen molar-refractivity contribution in [1.29, 1.82) is 0 Å². The third-order valence-electron chi connectivity index (χ3n) is 2.40. The number of esters is 1. The fourth-order valence-electron chi connectivity index (χ4n) is 1.66. The van der Waals surface area contributed by atoms with Crippen LogP contribution in [0.2, 0.25) is 0 Å². The van der Waals surface area contributed by atoms with Gasteiger partial charge in [-0.15, -0.1) is 0 Å². The van der Waals surface area contributed by atoms with Gasteiger partial charge in [-0.05, 0) is 25.3 Å². The zero-order valence-electron chi connectivity index (χ0n) is 10.5. The van der Waals surface area contributed by atoms with Gasteiger partial charge in [-0.3, -0.25) is 4.79 Å². The first-order valence-corrected chi connectivity index (χ1v) is 6.05. The van der Waals surface area contributed by atoms with E-state index >= 15 is 0 Å². The molecule has 0 spiro atoms. The summed E-state index contributed by atoms with van der Waals surface area (Å²) in [6.07, 6.45) is 2.26. The lowest BCUT2D eigenvalue weighted by molar-refractivity contribution is -0.176. The van der Waals surface area contributed by atoms with Gasteiger partial charge in [0.1, 0.15) is 0 Å². The number of hydrogen-bond donors (Lipinski definition) is 0. The Morgan fingerprint density at radius 1 is 1.29 bits per heavy atom. The molecule has 0 heterocycles. The van der Waals surface area contributed by atoms with Crippen LogP contribution < -0.4 is 0 Å². The Labute approximate surface area is 103 Å². The second-order valence-corrected chi connectivity index (χ2v) is 3.87. The Kier molecular flexibility index (Phi) is 6.33. The van der Waals surface area contributed by atoms with Crippen LogP contribution in [0, 0.1) is 0 Å². The lowest BCUT2D eigenvalue weighted by atomic mass is 10.1. The molecule has 3 heteroatoms. The van der Waals surface area contributed by atoms with Gasteiger partial charge in [0.05, 0.1) is 0 Å². The molecule has 1 aromatic rings. The standard InChI is InChI=1S/C14H20O3/c1-3-16-14(17-12(2)15)11-7-10-13-8-5-4-6-9-13/h4-6,8-9,14H,3,7,10-11H2,1-2H3. The number of aryl methyl sites for hydroxylation is 1. The van der Waals surface area contributed by atoms with Crippen LogP contribution in [0.15, 0.2) is 30.3 Å². The second kappa shape index (κ2) is 7.85. The maximum Gasteiger partial charge on any atom is 0.304 e. The number of rotatable bonds is 7. The number of ether oxygens (including phenoxy) is 2. The van der Waals surface area contributed by atoms with E-state index in [4.69, 9.17) is 9.47 Å². The molecule has 0 radical (unpaired) electrons. The number of carbonyl (C=O) groups is 1. The molecule has 1 aromatic carbocycles. The van der Waals surface area contributed by atoms with Crippen molar-refractivity contribution in [3.8, 4) is 0 Å². The van der Waals surface area contributed by atoms with Crippen LogP contribution in [-0.2, 0) is 20.7 Å². The van der Waals surface area contributed by atoms with E-state index in [0.717, 1.165) is 19.3 Å². The minimum Gasteiger partial charge on any atom is -0.436 e. The van der Waals surface area contributed by atoms with E-state index in [9.17, 15) is 4.79 Å². The third-order valence-corrected chi connectivity index (χ3v) is 2.40. The van der Waals surface area contributed by atoms with Crippen molar-refractivity contribution in [2.45, 2.75) is 39.4 Å². The average Bonchev–Trinajstić information content (AvgIpc) is 2.30. The van der Waals surface area contributed by atoms with Crippen LogP contribution in [0.4, 0.5) is 0 Å². The Hall–Kier alpha value is -1.35. The minimum atomic E-state index is -0.402. The van der Waals surface area contributed by atoms with E-state index < -0.39 is 6.29 Å². The predicted molar refractivity (Wildman–Crippen MR) is 66.6 cm³/mol. The van der Waals surface area contributed by atoms with E-state index in [1.54, 1.807) is 0 Å². The summed E-state index contributed by atoms with van der Waals surface area (Å²) in [4.78, 5) is 10.9. The first-order chi connectivity index (χ1) is 8.22. The Morgan fingerprint density at radius 2 is 2.00 bits per heavy atom. The molecule has 0 fully saturated rings. The molecule has 0 saturated carbocycles. The molecule has 1 unspecified atom stereocenters. The first kappa shape index (κ1) is 13.7. The molecule has 0 aromatic heterocycles. The number of hydrogen-bond acceptors (Lipinski definition) is 3. The van der Waals surface area contributed by atoms with Gasteiger partial charge in [-0.25, -0.2) is 0 Å². The summed E-state index contributed by atoms with van der Waals surface area (Å²) in [5.74, 6) is -0.289. The quantitative estimate of drug-likeness (QED) is 0.539. The monoisotopic (exact) mass is 236 g/mol. The molecule has 0 aliphatic rings.